The minimum atomic E-state index is 0.684. The Labute approximate surface area is 112 Å². The van der Waals surface area contributed by atoms with E-state index in [0.29, 0.717) is 5.02 Å². The van der Waals surface area contributed by atoms with Gasteiger partial charge < -0.3 is 9.80 Å². The van der Waals surface area contributed by atoms with Gasteiger partial charge in [-0.15, -0.1) is 0 Å². The van der Waals surface area contributed by atoms with E-state index in [1.807, 2.05) is 12.1 Å². The zero-order chi connectivity index (χ0) is 12.3. The van der Waals surface area contributed by atoms with Crippen molar-refractivity contribution in [1.29, 1.82) is 0 Å². The number of halogens is 2. The van der Waals surface area contributed by atoms with Crippen LogP contribution in [0.2, 0.25) is 10.0 Å². The molecule has 0 spiro atoms. The number of rotatable bonds is 4. The SMILES string of the molecule is CCCN1C=CN(Cc2ccc(Cl)cc2Cl)C1. The first-order chi connectivity index (χ1) is 8.19. The average Bonchev–Trinajstić information content (AvgIpc) is 2.71. The molecule has 0 aromatic heterocycles. The van der Waals surface area contributed by atoms with Crippen LogP contribution in [0.4, 0.5) is 0 Å². The molecule has 0 unspecified atom stereocenters. The van der Waals surface area contributed by atoms with Crippen LogP contribution in [0.5, 0.6) is 0 Å². The monoisotopic (exact) mass is 270 g/mol. The third kappa shape index (κ3) is 3.30. The third-order valence-corrected chi connectivity index (χ3v) is 3.34. The van der Waals surface area contributed by atoms with Crippen LogP contribution in [0.25, 0.3) is 0 Å². The Morgan fingerprint density at radius 3 is 2.65 bits per heavy atom. The maximum absolute atomic E-state index is 6.16. The molecule has 17 heavy (non-hydrogen) atoms. The molecule has 0 aliphatic carbocycles. The molecule has 92 valence electrons. The summed E-state index contributed by atoms with van der Waals surface area (Å²) in [5.74, 6) is 0. The van der Waals surface area contributed by atoms with E-state index < -0.39 is 0 Å². The zero-order valence-corrected chi connectivity index (χ0v) is 11.4. The lowest BCUT2D eigenvalue weighted by Crippen LogP contribution is -2.25. The van der Waals surface area contributed by atoms with Crippen molar-refractivity contribution in [3.8, 4) is 0 Å². The van der Waals surface area contributed by atoms with E-state index in [1.54, 1.807) is 6.07 Å². The van der Waals surface area contributed by atoms with Crippen molar-refractivity contribution in [2.45, 2.75) is 19.9 Å². The Morgan fingerprint density at radius 1 is 1.18 bits per heavy atom. The zero-order valence-electron chi connectivity index (χ0n) is 9.87. The maximum atomic E-state index is 6.16. The first-order valence-electron chi connectivity index (χ1n) is 5.79. The first-order valence-corrected chi connectivity index (χ1v) is 6.55. The van der Waals surface area contributed by atoms with Crippen LogP contribution in [-0.4, -0.2) is 23.0 Å². The van der Waals surface area contributed by atoms with Gasteiger partial charge in [-0.25, -0.2) is 0 Å². The summed E-state index contributed by atoms with van der Waals surface area (Å²) < 4.78 is 0. The number of benzene rings is 1. The summed E-state index contributed by atoms with van der Waals surface area (Å²) >= 11 is 12.0. The van der Waals surface area contributed by atoms with Gasteiger partial charge in [0, 0.05) is 35.5 Å². The normalized spacial score (nSPS) is 14.8. The smallest absolute Gasteiger partial charge is 0.0897 e. The molecule has 2 rings (SSSR count). The van der Waals surface area contributed by atoms with Gasteiger partial charge in [0.25, 0.3) is 0 Å². The predicted octanol–water partition coefficient (Wildman–Crippen LogP) is 3.95. The van der Waals surface area contributed by atoms with E-state index in [4.69, 9.17) is 23.2 Å². The molecule has 1 heterocycles. The second-order valence-electron chi connectivity index (χ2n) is 4.23. The summed E-state index contributed by atoms with van der Waals surface area (Å²) in [5.41, 5.74) is 1.11. The van der Waals surface area contributed by atoms with Crippen LogP contribution < -0.4 is 0 Å². The van der Waals surface area contributed by atoms with E-state index >= 15 is 0 Å². The van der Waals surface area contributed by atoms with E-state index in [0.717, 1.165) is 30.3 Å². The molecule has 4 heteroatoms. The first kappa shape index (κ1) is 12.6. The average molecular weight is 271 g/mol. The van der Waals surface area contributed by atoms with Crippen LogP contribution in [-0.2, 0) is 6.54 Å². The summed E-state index contributed by atoms with van der Waals surface area (Å²) in [4.78, 5) is 4.54. The Bertz CT molecular complexity index is 418. The van der Waals surface area contributed by atoms with Crippen molar-refractivity contribution in [1.82, 2.24) is 9.80 Å². The molecule has 0 saturated heterocycles. The lowest BCUT2D eigenvalue weighted by atomic mass is 10.2. The summed E-state index contributed by atoms with van der Waals surface area (Å²) in [6.45, 7) is 5.05. The number of hydrogen-bond acceptors (Lipinski definition) is 2. The fourth-order valence-corrected chi connectivity index (χ4v) is 2.39. The lowest BCUT2D eigenvalue weighted by Gasteiger charge is -2.21. The molecular weight excluding hydrogens is 255 g/mol. The van der Waals surface area contributed by atoms with Crippen LogP contribution in [0.15, 0.2) is 30.6 Å². The minimum absolute atomic E-state index is 0.684. The maximum Gasteiger partial charge on any atom is 0.0897 e. The van der Waals surface area contributed by atoms with Crippen molar-refractivity contribution in [2.24, 2.45) is 0 Å². The van der Waals surface area contributed by atoms with E-state index in [1.165, 1.54) is 6.42 Å². The van der Waals surface area contributed by atoms with Gasteiger partial charge in [-0.2, -0.15) is 0 Å². The molecule has 1 aliphatic rings. The van der Waals surface area contributed by atoms with Gasteiger partial charge in [0.15, 0.2) is 0 Å². The highest BCUT2D eigenvalue weighted by molar-refractivity contribution is 6.35. The quantitative estimate of drug-likeness (QED) is 0.818. The highest BCUT2D eigenvalue weighted by Crippen LogP contribution is 2.23. The molecule has 1 aromatic rings. The molecule has 0 bridgehead atoms. The molecule has 0 amide bonds. The van der Waals surface area contributed by atoms with Crippen molar-refractivity contribution in [2.75, 3.05) is 13.2 Å². The van der Waals surface area contributed by atoms with Gasteiger partial charge in [0.05, 0.1) is 6.67 Å². The van der Waals surface area contributed by atoms with Gasteiger partial charge >= 0.3 is 0 Å². The topological polar surface area (TPSA) is 6.48 Å². The lowest BCUT2D eigenvalue weighted by molar-refractivity contribution is 0.260. The molecule has 1 aromatic carbocycles. The van der Waals surface area contributed by atoms with Gasteiger partial charge in [0.1, 0.15) is 0 Å². The minimum Gasteiger partial charge on any atom is -0.359 e. The molecule has 0 fully saturated rings. The van der Waals surface area contributed by atoms with Crippen LogP contribution >= 0.6 is 23.2 Å². The van der Waals surface area contributed by atoms with Crippen molar-refractivity contribution in [3.63, 3.8) is 0 Å². The Morgan fingerprint density at radius 2 is 1.94 bits per heavy atom. The fraction of sp³-hybridized carbons (Fsp3) is 0.385. The molecule has 0 atom stereocenters. The van der Waals surface area contributed by atoms with Gasteiger partial charge in [0.2, 0.25) is 0 Å². The molecule has 0 saturated carbocycles. The van der Waals surface area contributed by atoms with Gasteiger partial charge in [-0.05, 0) is 24.1 Å². The van der Waals surface area contributed by atoms with Crippen molar-refractivity contribution < 1.29 is 0 Å². The summed E-state index contributed by atoms with van der Waals surface area (Å²) in [5, 5.41) is 1.42. The molecule has 0 N–H and O–H groups in total. The third-order valence-electron chi connectivity index (χ3n) is 2.75. The Hall–Kier alpha value is -0.860. The molecule has 1 aliphatic heterocycles. The standard InChI is InChI=1S/C13H16Cl2N2/c1-2-5-16-6-7-17(10-16)9-11-3-4-12(14)8-13(11)15/h3-4,6-8H,2,5,9-10H2,1H3. The Kier molecular flexibility index (Phi) is 4.19. The number of nitrogens with zero attached hydrogens (tertiary/aromatic N) is 2. The largest absolute Gasteiger partial charge is 0.359 e. The molecule has 2 nitrogen and oxygen atoms in total. The van der Waals surface area contributed by atoms with Crippen molar-refractivity contribution >= 4 is 23.2 Å². The number of hydrogen-bond donors (Lipinski definition) is 0. The van der Waals surface area contributed by atoms with Gasteiger partial charge in [-0.3, -0.25) is 0 Å². The second kappa shape index (κ2) is 5.65. The molecular formula is C13H16Cl2N2. The summed E-state index contributed by atoms with van der Waals surface area (Å²) in [6, 6.07) is 5.66. The highest BCUT2D eigenvalue weighted by Gasteiger charge is 2.12. The van der Waals surface area contributed by atoms with Crippen molar-refractivity contribution in [3.05, 3.63) is 46.2 Å². The summed E-state index contributed by atoms with van der Waals surface area (Å²) in [7, 11) is 0. The molecule has 0 radical (unpaired) electrons. The van der Waals surface area contributed by atoms with E-state index in [9.17, 15) is 0 Å². The predicted molar refractivity (Wildman–Crippen MR) is 73.0 cm³/mol. The summed E-state index contributed by atoms with van der Waals surface area (Å²) in [6.07, 6.45) is 5.41. The highest BCUT2D eigenvalue weighted by atomic mass is 35.5. The van der Waals surface area contributed by atoms with Gasteiger partial charge in [-0.1, -0.05) is 36.2 Å². The Balaban J connectivity index is 1.96. The van der Waals surface area contributed by atoms with Crippen LogP contribution in [0.1, 0.15) is 18.9 Å². The second-order valence-corrected chi connectivity index (χ2v) is 5.08. The van der Waals surface area contributed by atoms with Crippen LogP contribution in [0.3, 0.4) is 0 Å². The van der Waals surface area contributed by atoms with Crippen LogP contribution in [0, 0.1) is 0 Å². The van der Waals surface area contributed by atoms with E-state index in [-0.39, 0.29) is 0 Å². The fourth-order valence-electron chi connectivity index (χ4n) is 1.92. The van der Waals surface area contributed by atoms with E-state index in [2.05, 4.69) is 29.1 Å².